The van der Waals surface area contributed by atoms with Gasteiger partial charge < -0.3 is 11.1 Å². The van der Waals surface area contributed by atoms with Gasteiger partial charge in [-0.1, -0.05) is 26.2 Å². The molecule has 0 fully saturated rings. The number of guanidine groups is 1. The number of aliphatic imine (C=N–C) groups is 1. The van der Waals surface area contributed by atoms with Crippen LogP contribution in [0, 0.1) is 0 Å². The van der Waals surface area contributed by atoms with E-state index < -0.39 is 0 Å². The molecule has 0 spiro atoms. The first-order valence-corrected chi connectivity index (χ1v) is 7.78. The Morgan fingerprint density at radius 1 is 1.11 bits per heavy atom. The molecule has 0 aromatic heterocycles. The van der Waals surface area contributed by atoms with E-state index in [9.17, 15) is 0 Å². The highest BCUT2D eigenvalue weighted by molar-refractivity contribution is 5.77. The van der Waals surface area contributed by atoms with Gasteiger partial charge in [-0.3, -0.25) is 9.89 Å². The van der Waals surface area contributed by atoms with Crippen molar-refractivity contribution in [3.63, 3.8) is 0 Å². The molecular formula is C15H34N4. The van der Waals surface area contributed by atoms with Crippen molar-refractivity contribution in [1.82, 2.24) is 10.2 Å². The lowest BCUT2D eigenvalue weighted by molar-refractivity contribution is 0.178. The van der Waals surface area contributed by atoms with E-state index >= 15 is 0 Å². The Bertz CT molecular complexity index is 228. The summed E-state index contributed by atoms with van der Waals surface area (Å²) < 4.78 is 0. The van der Waals surface area contributed by atoms with E-state index in [0.717, 1.165) is 26.1 Å². The van der Waals surface area contributed by atoms with E-state index in [1.807, 2.05) is 0 Å². The summed E-state index contributed by atoms with van der Waals surface area (Å²) in [7, 11) is 0. The van der Waals surface area contributed by atoms with Gasteiger partial charge in [0.25, 0.3) is 0 Å². The van der Waals surface area contributed by atoms with Gasteiger partial charge in [-0.05, 0) is 34.1 Å². The zero-order valence-electron chi connectivity index (χ0n) is 13.6. The van der Waals surface area contributed by atoms with Crippen LogP contribution in [0.1, 0.15) is 60.3 Å². The maximum Gasteiger partial charge on any atom is 0.188 e. The average Bonchev–Trinajstić information content (AvgIpc) is 2.33. The van der Waals surface area contributed by atoms with Gasteiger partial charge >= 0.3 is 0 Å². The minimum atomic E-state index is 0.564. The molecule has 0 aliphatic heterocycles. The number of nitrogens with one attached hydrogen (secondary N) is 1. The molecule has 0 heterocycles. The summed E-state index contributed by atoms with van der Waals surface area (Å²) in [6, 6.07) is 1.13. The molecule has 114 valence electrons. The Labute approximate surface area is 119 Å². The monoisotopic (exact) mass is 270 g/mol. The SMILES string of the molecule is CCCCCCN=C(N)NCCN(C(C)C)C(C)C. The van der Waals surface area contributed by atoms with E-state index in [1.54, 1.807) is 0 Å². The van der Waals surface area contributed by atoms with E-state index in [-0.39, 0.29) is 0 Å². The summed E-state index contributed by atoms with van der Waals surface area (Å²) >= 11 is 0. The van der Waals surface area contributed by atoms with E-state index in [2.05, 4.69) is 49.8 Å². The van der Waals surface area contributed by atoms with Crippen molar-refractivity contribution in [2.45, 2.75) is 72.4 Å². The summed E-state index contributed by atoms with van der Waals surface area (Å²) in [4.78, 5) is 6.79. The quantitative estimate of drug-likeness (QED) is 0.364. The molecule has 4 heteroatoms. The van der Waals surface area contributed by atoms with Crippen LogP contribution in [0.25, 0.3) is 0 Å². The topological polar surface area (TPSA) is 53.6 Å². The fraction of sp³-hybridized carbons (Fsp3) is 0.933. The Hall–Kier alpha value is -0.770. The number of hydrogen-bond acceptors (Lipinski definition) is 2. The number of nitrogens with two attached hydrogens (primary N) is 1. The maximum absolute atomic E-state index is 5.85. The fourth-order valence-corrected chi connectivity index (χ4v) is 2.22. The summed E-state index contributed by atoms with van der Waals surface area (Å²) in [5, 5.41) is 3.20. The van der Waals surface area contributed by atoms with Crippen molar-refractivity contribution >= 4 is 5.96 Å². The van der Waals surface area contributed by atoms with Crippen LogP contribution >= 0.6 is 0 Å². The molecule has 0 bridgehead atoms. The van der Waals surface area contributed by atoms with Crippen LogP contribution in [0.5, 0.6) is 0 Å². The third kappa shape index (κ3) is 9.77. The third-order valence-electron chi connectivity index (χ3n) is 3.30. The Morgan fingerprint density at radius 2 is 1.74 bits per heavy atom. The molecule has 3 N–H and O–H groups in total. The molecule has 0 saturated carbocycles. The van der Waals surface area contributed by atoms with Crippen molar-refractivity contribution in [2.75, 3.05) is 19.6 Å². The van der Waals surface area contributed by atoms with Crippen LogP contribution in [-0.2, 0) is 0 Å². The van der Waals surface area contributed by atoms with Crippen molar-refractivity contribution < 1.29 is 0 Å². The molecule has 0 aliphatic rings. The molecule has 0 aliphatic carbocycles. The molecular weight excluding hydrogens is 236 g/mol. The van der Waals surface area contributed by atoms with Gasteiger partial charge in [0.2, 0.25) is 0 Å². The molecule has 0 aromatic rings. The Morgan fingerprint density at radius 3 is 2.26 bits per heavy atom. The highest BCUT2D eigenvalue weighted by Gasteiger charge is 2.12. The van der Waals surface area contributed by atoms with Crippen LogP contribution in [0.3, 0.4) is 0 Å². The van der Waals surface area contributed by atoms with Gasteiger partial charge in [0.05, 0.1) is 0 Å². The van der Waals surface area contributed by atoms with Crippen LogP contribution in [0.4, 0.5) is 0 Å². The molecule has 0 aromatic carbocycles. The molecule has 0 radical (unpaired) electrons. The average molecular weight is 270 g/mol. The highest BCUT2D eigenvalue weighted by Crippen LogP contribution is 2.03. The number of hydrogen-bond donors (Lipinski definition) is 2. The van der Waals surface area contributed by atoms with E-state index in [4.69, 9.17) is 5.73 Å². The van der Waals surface area contributed by atoms with Gasteiger partial charge in [-0.15, -0.1) is 0 Å². The number of rotatable bonds is 10. The lowest BCUT2D eigenvalue weighted by Gasteiger charge is -2.30. The van der Waals surface area contributed by atoms with Gasteiger partial charge in [-0.2, -0.15) is 0 Å². The summed E-state index contributed by atoms with van der Waals surface area (Å²) in [6.07, 6.45) is 4.94. The van der Waals surface area contributed by atoms with Crippen molar-refractivity contribution in [3.8, 4) is 0 Å². The van der Waals surface area contributed by atoms with Gasteiger partial charge in [-0.25, -0.2) is 0 Å². The molecule has 19 heavy (non-hydrogen) atoms. The van der Waals surface area contributed by atoms with Crippen molar-refractivity contribution in [1.29, 1.82) is 0 Å². The standard InChI is InChI=1S/C15H34N4/c1-6-7-8-9-10-17-15(16)18-11-12-19(13(2)3)14(4)5/h13-14H,6-12H2,1-5H3,(H3,16,17,18). The molecule has 0 amide bonds. The third-order valence-corrected chi connectivity index (χ3v) is 3.30. The number of nitrogens with zero attached hydrogens (tertiary/aromatic N) is 2. The van der Waals surface area contributed by atoms with Crippen molar-refractivity contribution in [3.05, 3.63) is 0 Å². The first-order chi connectivity index (χ1) is 8.99. The zero-order valence-corrected chi connectivity index (χ0v) is 13.6. The number of unbranched alkanes of at least 4 members (excludes halogenated alkanes) is 3. The van der Waals surface area contributed by atoms with Crippen LogP contribution < -0.4 is 11.1 Å². The first-order valence-electron chi connectivity index (χ1n) is 7.78. The molecule has 4 nitrogen and oxygen atoms in total. The zero-order chi connectivity index (χ0) is 14.7. The molecule has 0 saturated heterocycles. The van der Waals surface area contributed by atoms with Crippen LogP contribution in [-0.4, -0.2) is 42.6 Å². The maximum atomic E-state index is 5.85. The predicted octanol–water partition coefficient (Wildman–Crippen LogP) is 2.59. The van der Waals surface area contributed by atoms with Crippen LogP contribution in [0.15, 0.2) is 4.99 Å². The van der Waals surface area contributed by atoms with Crippen molar-refractivity contribution in [2.24, 2.45) is 10.7 Å². The van der Waals surface area contributed by atoms with Gasteiger partial charge in [0.15, 0.2) is 5.96 Å². The summed E-state index contributed by atoms with van der Waals surface area (Å²) in [6.45, 7) is 13.8. The normalized spacial score (nSPS) is 12.7. The molecule has 0 atom stereocenters. The first kappa shape index (κ1) is 18.2. The van der Waals surface area contributed by atoms with Crippen LogP contribution in [0.2, 0.25) is 0 Å². The molecule has 0 rings (SSSR count). The molecule has 0 unspecified atom stereocenters. The van der Waals surface area contributed by atoms with Gasteiger partial charge in [0.1, 0.15) is 0 Å². The Balaban J connectivity index is 3.76. The highest BCUT2D eigenvalue weighted by atomic mass is 15.2. The second-order valence-electron chi connectivity index (χ2n) is 5.68. The van der Waals surface area contributed by atoms with E-state index in [1.165, 1.54) is 19.3 Å². The Kier molecular flexibility index (Phi) is 10.6. The summed E-state index contributed by atoms with van der Waals surface area (Å²) in [5.74, 6) is 0.587. The second kappa shape index (κ2) is 11.1. The predicted molar refractivity (Wildman–Crippen MR) is 85.6 cm³/mol. The minimum Gasteiger partial charge on any atom is -0.370 e. The largest absolute Gasteiger partial charge is 0.370 e. The van der Waals surface area contributed by atoms with Gasteiger partial charge in [0, 0.05) is 31.7 Å². The lowest BCUT2D eigenvalue weighted by Crippen LogP contribution is -2.44. The van der Waals surface area contributed by atoms with E-state index in [0.29, 0.717) is 18.0 Å². The minimum absolute atomic E-state index is 0.564. The smallest absolute Gasteiger partial charge is 0.188 e. The summed E-state index contributed by atoms with van der Waals surface area (Å²) in [5.41, 5.74) is 5.85. The lowest BCUT2D eigenvalue weighted by atomic mass is 10.2. The fourth-order valence-electron chi connectivity index (χ4n) is 2.22. The second-order valence-corrected chi connectivity index (χ2v) is 5.68.